The fraction of sp³-hybridized carbons (Fsp3) is 0.909. The van der Waals surface area contributed by atoms with Gasteiger partial charge < -0.3 is 5.32 Å². The van der Waals surface area contributed by atoms with Crippen molar-refractivity contribution in [2.24, 2.45) is 11.8 Å². The van der Waals surface area contributed by atoms with Crippen molar-refractivity contribution in [2.45, 2.75) is 52.5 Å². The van der Waals surface area contributed by atoms with Crippen LogP contribution in [0.1, 0.15) is 47.0 Å². The normalized spacial score (nSPS) is 20.2. The molecule has 1 N–H and O–H groups in total. The second-order valence-corrected chi connectivity index (χ2v) is 4.81. The predicted molar refractivity (Wildman–Crippen MR) is 54.4 cm³/mol. The minimum Gasteiger partial charge on any atom is -0.350 e. The summed E-state index contributed by atoms with van der Waals surface area (Å²) in [6, 6.07) is 0. The van der Waals surface area contributed by atoms with Gasteiger partial charge >= 0.3 is 0 Å². The first-order valence-electron chi connectivity index (χ1n) is 5.30. The number of hydrogen-bond acceptors (Lipinski definition) is 1. The van der Waals surface area contributed by atoms with Crippen LogP contribution in [-0.2, 0) is 4.79 Å². The van der Waals surface area contributed by atoms with Crippen molar-refractivity contribution in [3.63, 3.8) is 0 Å². The van der Waals surface area contributed by atoms with E-state index in [9.17, 15) is 4.79 Å². The summed E-state index contributed by atoms with van der Waals surface area (Å²) in [6.07, 6.45) is 3.57. The lowest BCUT2D eigenvalue weighted by Gasteiger charge is -2.46. The van der Waals surface area contributed by atoms with Gasteiger partial charge in [-0.1, -0.05) is 27.7 Å². The van der Waals surface area contributed by atoms with Crippen molar-refractivity contribution < 1.29 is 4.79 Å². The van der Waals surface area contributed by atoms with Gasteiger partial charge in [0, 0.05) is 11.5 Å². The summed E-state index contributed by atoms with van der Waals surface area (Å²) >= 11 is 0. The van der Waals surface area contributed by atoms with E-state index in [-0.39, 0.29) is 17.4 Å². The van der Waals surface area contributed by atoms with Crippen molar-refractivity contribution in [1.82, 2.24) is 5.32 Å². The molecule has 1 amide bonds. The maximum absolute atomic E-state index is 11.5. The highest BCUT2D eigenvalue weighted by atomic mass is 16.2. The number of nitrogens with one attached hydrogen (secondary N) is 1. The largest absolute Gasteiger partial charge is 0.350 e. The molecule has 0 radical (unpaired) electrons. The van der Waals surface area contributed by atoms with E-state index in [1.54, 1.807) is 0 Å². The van der Waals surface area contributed by atoms with Crippen LogP contribution in [0.4, 0.5) is 0 Å². The molecule has 1 aliphatic carbocycles. The Balaban J connectivity index is 2.54. The molecule has 0 spiro atoms. The summed E-state index contributed by atoms with van der Waals surface area (Å²) in [4.78, 5) is 11.5. The number of hydrogen-bond donors (Lipinski definition) is 1. The van der Waals surface area contributed by atoms with Gasteiger partial charge in [-0.15, -0.1) is 0 Å². The van der Waals surface area contributed by atoms with E-state index < -0.39 is 0 Å². The molecular weight excluding hydrogens is 162 g/mol. The minimum absolute atomic E-state index is 0.108. The van der Waals surface area contributed by atoms with Gasteiger partial charge in [0.05, 0.1) is 0 Å². The van der Waals surface area contributed by atoms with Gasteiger partial charge in [-0.3, -0.25) is 4.79 Å². The third kappa shape index (κ3) is 2.04. The molecule has 0 aliphatic heterocycles. The van der Waals surface area contributed by atoms with Gasteiger partial charge in [-0.2, -0.15) is 0 Å². The van der Waals surface area contributed by atoms with Crippen LogP contribution in [0.25, 0.3) is 0 Å². The maximum atomic E-state index is 11.5. The van der Waals surface area contributed by atoms with Crippen LogP contribution in [0.2, 0.25) is 0 Å². The highest BCUT2D eigenvalue weighted by molar-refractivity contribution is 5.78. The van der Waals surface area contributed by atoms with Gasteiger partial charge in [-0.25, -0.2) is 0 Å². The summed E-state index contributed by atoms with van der Waals surface area (Å²) in [6.45, 7) is 8.28. The lowest BCUT2D eigenvalue weighted by molar-refractivity contribution is -0.128. The first-order valence-corrected chi connectivity index (χ1v) is 5.30. The number of rotatable bonds is 3. The molecule has 0 saturated heterocycles. The van der Waals surface area contributed by atoms with Crippen LogP contribution >= 0.6 is 0 Å². The average Bonchev–Trinajstić information content (AvgIpc) is 1.95. The summed E-state index contributed by atoms with van der Waals surface area (Å²) in [5.41, 5.74) is 0.126. The van der Waals surface area contributed by atoms with Gasteiger partial charge in [0.1, 0.15) is 0 Å². The van der Waals surface area contributed by atoms with Crippen molar-refractivity contribution in [3.8, 4) is 0 Å². The van der Waals surface area contributed by atoms with E-state index in [1.165, 1.54) is 6.42 Å². The zero-order valence-corrected chi connectivity index (χ0v) is 9.18. The van der Waals surface area contributed by atoms with Gasteiger partial charge in [0.25, 0.3) is 0 Å². The molecule has 2 nitrogen and oxygen atoms in total. The Morgan fingerprint density at radius 3 is 2.00 bits per heavy atom. The molecule has 0 atom stereocenters. The molecule has 1 fully saturated rings. The summed E-state index contributed by atoms with van der Waals surface area (Å²) in [7, 11) is 0. The monoisotopic (exact) mass is 183 g/mol. The first kappa shape index (κ1) is 10.6. The molecular formula is C11H21NO. The van der Waals surface area contributed by atoms with Gasteiger partial charge in [0.2, 0.25) is 5.91 Å². The van der Waals surface area contributed by atoms with Crippen molar-refractivity contribution in [3.05, 3.63) is 0 Å². The number of carbonyl (C=O) groups is 1. The van der Waals surface area contributed by atoms with E-state index in [0.29, 0.717) is 5.92 Å². The van der Waals surface area contributed by atoms with Crippen LogP contribution in [0.5, 0.6) is 0 Å². The van der Waals surface area contributed by atoms with E-state index in [2.05, 4.69) is 19.2 Å². The molecule has 0 aromatic rings. The van der Waals surface area contributed by atoms with Crippen LogP contribution in [0, 0.1) is 11.8 Å². The third-order valence-corrected chi connectivity index (χ3v) is 3.25. The first-order chi connectivity index (χ1) is 5.98. The Morgan fingerprint density at radius 2 is 1.77 bits per heavy atom. The topological polar surface area (TPSA) is 29.1 Å². The second kappa shape index (κ2) is 3.69. The third-order valence-electron chi connectivity index (χ3n) is 3.25. The predicted octanol–water partition coefficient (Wildman–Crippen LogP) is 2.34. The van der Waals surface area contributed by atoms with Gasteiger partial charge in [0.15, 0.2) is 0 Å². The maximum Gasteiger partial charge on any atom is 0.222 e. The zero-order chi connectivity index (χ0) is 10.1. The fourth-order valence-electron chi connectivity index (χ4n) is 1.79. The zero-order valence-electron chi connectivity index (χ0n) is 9.18. The fourth-order valence-corrected chi connectivity index (χ4v) is 1.79. The molecule has 1 aliphatic rings. The van der Waals surface area contributed by atoms with Gasteiger partial charge in [-0.05, 0) is 25.2 Å². The molecule has 0 unspecified atom stereocenters. The Kier molecular flexibility index (Phi) is 2.99. The Morgan fingerprint density at radius 1 is 1.23 bits per heavy atom. The average molecular weight is 183 g/mol. The van der Waals surface area contributed by atoms with Crippen LogP contribution in [0.3, 0.4) is 0 Å². The van der Waals surface area contributed by atoms with Crippen LogP contribution in [-0.4, -0.2) is 11.4 Å². The summed E-state index contributed by atoms with van der Waals surface area (Å²) < 4.78 is 0. The lowest BCUT2D eigenvalue weighted by atomic mass is 9.69. The Bertz CT molecular complexity index is 192. The minimum atomic E-state index is 0.108. The van der Waals surface area contributed by atoms with E-state index in [0.717, 1.165) is 12.8 Å². The molecule has 0 heterocycles. The molecule has 0 bridgehead atoms. The summed E-state index contributed by atoms with van der Waals surface area (Å²) in [5, 5.41) is 3.19. The van der Waals surface area contributed by atoms with Crippen molar-refractivity contribution in [1.29, 1.82) is 0 Å². The van der Waals surface area contributed by atoms with Crippen molar-refractivity contribution in [2.75, 3.05) is 0 Å². The number of amides is 1. The number of carbonyl (C=O) groups excluding carboxylic acids is 1. The SMILES string of the molecule is CC(C)C(=O)NC1(C(C)C)CCC1. The standard InChI is InChI=1S/C11H21NO/c1-8(2)10(13)12-11(9(3)4)6-5-7-11/h8-9H,5-7H2,1-4H3,(H,12,13). The second-order valence-electron chi connectivity index (χ2n) is 4.81. The summed E-state index contributed by atoms with van der Waals surface area (Å²) in [5.74, 6) is 0.869. The Labute approximate surface area is 81.1 Å². The van der Waals surface area contributed by atoms with E-state index in [4.69, 9.17) is 0 Å². The molecule has 1 rings (SSSR count). The van der Waals surface area contributed by atoms with E-state index >= 15 is 0 Å². The van der Waals surface area contributed by atoms with Crippen LogP contribution in [0.15, 0.2) is 0 Å². The molecule has 1 saturated carbocycles. The molecule has 2 heteroatoms. The Hall–Kier alpha value is -0.530. The molecule has 76 valence electrons. The van der Waals surface area contributed by atoms with Crippen molar-refractivity contribution >= 4 is 5.91 Å². The van der Waals surface area contributed by atoms with E-state index in [1.807, 2.05) is 13.8 Å². The highest BCUT2D eigenvalue weighted by Crippen LogP contribution is 2.38. The quantitative estimate of drug-likeness (QED) is 0.715. The van der Waals surface area contributed by atoms with Crippen LogP contribution < -0.4 is 5.32 Å². The lowest BCUT2D eigenvalue weighted by Crippen LogP contribution is -2.57. The smallest absolute Gasteiger partial charge is 0.222 e. The highest BCUT2D eigenvalue weighted by Gasteiger charge is 2.41. The molecule has 0 aromatic heterocycles. The molecule has 0 aromatic carbocycles. The molecule has 13 heavy (non-hydrogen) atoms.